The van der Waals surface area contributed by atoms with Gasteiger partial charge >= 0.3 is 5.97 Å². The number of ether oxygens (including phenoxy) is 1. The molecule has 0 saturated carbocycles. The van der Waals surface area contributed by atoms with Crippen molar-refractivity contribution in [1.29, 1.82) is 0 Å². The number of anilines is 1. The van der Waals surface area contributed by atoms with Gasteiger partial charge in [-0.3, -0.25) is 4.72 Å². The monoisotopic (exact) mass is 357 g/mol. The number of halogens is 2. The molecule has 2 aromatic rings. The molecule has 0 saturated heterocycles. The van der Waals surface area contributed by atoms with E-state index in [4.69, 9.17) is 16.3 Å². The number of esters is 1. The Morgan fingerprint density at radius 1 is 1.22 bits per heavy atom. The van der Waals surface area contributed by atoms with Crippen LogP contribution in [0.25, 0.3) is 0 Å². The molecule has 0 bridgehead atoms. The van der Waals surface area contributed by atoms with Gasteiger partial charge in [0.1, 0.15) is 12.4 Å². The number of hydrogen-bond donors (Lipinski definition) is 1. The third-order valence-electron chi connectivity index (χ3n) is 2.85. The molecule has 0 spiro atoms. The summed E-state index contributed by atoms with van der Waals surface area (Å²) in [7, 11) is -3.55. The largest absolute Gasteiger partial charge is 0.457 e. The van der Waals surface area contributed by atoms with Crippen molar-refractivity contribution in [3.63, 3.8) is 0 Å². The van der Waals surface area contributed by atoms with Crippen LogP contribution in [-0.4, -0.2) is 20.6 Å². The minimum atomic E-state index is -3.55. The Bertz CT molecular complexity index is 819. The Morgan fingerprint density at radius 3 is 2.57 bits per heavy atom. The zero-order valence-electron chi connectivity index (χ0n) is 12.0. The summed E-state index contributed by atoms with van der Waals surface area (Å²) in [5.74, 6) is -1.39. The van der Waals surface area contributed by atoms with Crippen LogP contribution in [0.15, 0.2) is 42.5 Å². The number of carbonyl (C=O) groups excluding carboxylic acids is 1. The summed E-state index contributed by atoms with van der Waals surface area (Å²) in [4.78, 5) is 12.1. The van der Waals surface area contributed by atoms with Gasteiger partial charge in [0.2, 0.25) is 10.0 Å². The maximum atomic E-state index is 13.6. The molecule has 0 atom stereocenters. The molecule has 0 aromatic heterocycles. The van der Waals surface area contributed by atoms with Crippen LogP contribution in [0.1, 0.15) is 15.9 Å². The summed E-state index contributed by atoms with van der Waals surface area (Å²) >= 11 is 5.85. The van der Waals surface area contributed by atoms with E-state index in [1.54, 1.807) is 12.1 Å². The van der Waals surface area contributed by atoms with Gasteiger partial charge in [-0.15, -0.1) is 0 Å². The molecule has 0 aliphatic carbocycles. The van der Waals surface area contributed by atoms with E-state index in [1.807, 2.05) is 0 Å². The topological polar surface area (TPSA) is 72.5 Å². The number of rotatable bonds is 5. The molecule has 0 heterocycles. The summed E-state index contributed by atoms with van der Waals surface area (Å²) < 4.78 is 43.5. The number of benzene rings is 2. The van der Waals surface area contributed by atoms with E-state index in [2.05, 4.69) is 4.72 Å². The average Bonchev–Trinajstić information content (AvgIpc) is 2.45. The van der Waals surface area contributed by atoms with Crippen LogP contribution in [0, 0.1) is 5.82 Å². The quantitative estimate of drug-likeness (QED) is 0.834. The van der Waals surface area contributed by atoms with Gasteiger partial charge in [-0.2, -0.15) is 0 Å². The predicted molar refractivity (Wildman–Crippen MR) is 85.4 cm³/mol. The molecule has 2 aromatic carbocycles. The van der Waals surface area contributed by atoms with E-state index in [-0.39, 0.29) is 28.4 Å². The number of hydrogen-bond acceptors (Lipinski definition) is 4. The summed E-state index contributed by atoms with van der Waals surface area (Å²) in [5.41, 5.74) is 0.154. The highest BCUT2D eigenvalue weighted by molar-refractivity contribution is 7.92. The third-order valence-corrected chi connectivity index (χ3v) is 3.80. The first kappa shape index (κ1) is 17.2. The predicted octanol–water partition coefficient (Wildman–Crippen LogP) is 3.21. The van der Waals surface area contributed by atoms with Gasteiger partial charge in [0.15, 0.2) is 0 Å². The molecule has 1 N–H and O–H groups in total. The van der Waals surface area contributed by atoms with Crippen molar-refractivity contribution in [3.05, 3.63) is 64.4 Å². The maximum Gasteiger partial charge on any atom is 0.340 e. The second-order valence-corrected chi connectivity index (χ2v) is 6.85. The van der Waals surface area contributed by atoms with E-state index >= 15 is 0 Å². The smallest absolute Gasteiger partial charge is 0.340 e. The van der Waals surface area contributed by atoms with E-state index in [9.17, 15) is 17.6 Å². The lowest BCUT2D eigenvalue weighted by Crippen LogP contribution is -2.14. The van der Waals surface area contributed by atoms with Gasteiger partial charge in [-0.05, 0) is 24.3 Å². The van der Waals surface area contributed by atoms with Crippen LogP contribution < -0.4 is 4.72 Å². The van der Waals surface area contributed by atoms with Crippen LogP contribution in [0.3, 0.4) is 0 Å². The lowest BCUT2D eigenvalue weighted by atomic mass is 10.2. The lowest BCUT2D eigenvalue weighted by Gasteiger charge is -2.11. The Balaban J connectivity index is 2.19. The maximum absolute atomic E-state index is 13.6. The first-order valence-corrected chi connectivity index (χ1v) is 8.71. The summed E-state index contributed by atoms with van der Waals surface area (Å²) in [6.45, 7) is -0.364. The molecule has 2 rings (SSSR count). The Kier molecular flexibility index (Phi) is 5.23. The second-order valence-electron chi connectivity index (χ2n) is 4.70. The Hall–Kier alpha value is -2.12. The standard InChI is InChI=1S/C15H13ClFNO4S/c1-23(20,21)18-14-8-3-2-5-10(14)15(19)22-9-11-12(16)6-4-7-13(11)17/h2-8,18H,9H2,1H3. The highest BCUT2D eigenvalue weighted by atomic mass is 35.5. The fourth-order valence-electron chi connectivity index (χ4n) is 1.84. The zero-order chi connectivity index (χ0) is 17.0. The van der Waals surface area contributed by atoms with E-state index in [1.165, 1.54) is 30.3 Å². The van der Waals surface area contributed by atoms with Crippen molar-refractivity contribution >= 4 is 33.3 Å². The van der Waals surface area contributed by atoms with Crippen LogP contribution in [0.4, 0.5) is 10.1 Å². The van der Waals surface area contributed by atoms with Crippen LogP contribution in [0.5, 0.6) is 0 Å². The van der Waals surface area contributed by atoms with Crippen molar-refractivity contribution < 1.29 is 22.3 Å². The molecule has 122 valence electrons. The molecule has 23 heavy (non-hydrogen) atoms. The average molecular weight is 358 g/mol. The van der Waals surface area contributed by atoms with E-state index in [0.29, 0.717) is 0 Å². The normalized spacial score (nSPS) is 11.1. The number of carbonyl (C=O) groups is 1. The molecule has 0 aliphatic heterocycles. The van der Waals surface area contributed by atoms with Crippen molar-refractivity contribution in [3.8, 4) is 0 Å². The van der Waals surface area contributed by atoms with Gasteiger partial charge in [-0.1, -0.05) is 29.8 Å². The van der Waals surface area contributed by atoms with Crippen molar-refractivity contribution in [2.45, 2.75) is 6.61 Å². The highest BCUT2D eigenvalue weighted by Crippen LogP contribution is 2.22. The first-order chi connectivity index (χ1) is 10.8. The van der Waals surface area contributed by atoms with Crippen molar-refractivity contribution in [2.24, 2.45) is 0 Å². The number of para-hydroxylation sites is 1. The number of sulfonamides is 1. The molecular weight excluding hydrogens is 345 g/mol. The minimum absolute atomic E-state index is 0.0189. The molecule has 5 nitrogen and oxygen atoms in total. The minimum Gasteiger partial charge on any atom is -0.457 e. The lowest BCUT2D eigenvalue weighted by molar-refractivity contribution is 0.0470. The molecule has 0 fully saturated rings. The zero-order valence-corrected chi connectivity index (χ0v) is 13.6. The van der Waals surface area contributed by atoms with Crippen molar-refractivity contribution in [1.82, 2.24) is 0 Å². The summed E-state index contributed by atoms with van der Waals surface area (Å²) in [6, 6.07) is 10.1. The molecular formula is C15H13ClFNO4S. The Labute approximate surface area is 138 Å². The van der Waals surface area contributed by atoms with E-state index in [0.717, 1.165) is 6.26 Å². The summed E-state index contributed by atoms with van der Waals surface area (Å²) in [5, 5.41) is 0.139. The van der Waals surface area contributed by atoms with E-state index < -0.39 is 21.8 Å². The molecule has 0 radical (unpaired) electrons. The molecule has 0 amide bonds. The molecule has 0 unspecified atom stereocenters. The van der Waals surface area contributed by atoms with Gasteiger partial charge in [0, 0.05) is 5.56 Å². The van der Waals surface area contributed by atoms with Gasteiger partial charge in [0.25, 0.3) is 0 Å². The first-order valence-electron chi connectivity index (χ1n) is 6.45. The van der Waals surface area contributed by atoms with Crippen molar-refractivity contribution in [2.75, 3.05) is 11.0 Å². The molecule has 8 heteroatoms. The fourth-order valence-corrected chi connectivity index (χ4v) is 2.63. The fraction of sp³-hybridized carbons (Fsp3) is 0.133. The van der Waals surface area contributed by atoms with Crippen LogP contribution >= 0.6 is 11.6 Å². The Morgan fingerprint density at radius 2 is 1.91 bits per heavy atom. The number of nitrogens with one attached hydrogen (secondary N) is 1. The van der Waals surface area contributed by atoms with Gasteiger partial charge in [-0.25, -0.2) is 17.6 Å². The third kappa shape index (κ3) is 4.67. The molecule has 0 aliphatic rings. The van der Waals surface area contributed by atoms with Crippen LogP contribution in [0.2, 0.25) is 5.02 Å². The summed E-state index contributed by atoms with van der Waals surface area (Å²) in [6.07, 6.45) is 0.966. The second kappa shape index (κ2) is 6.97. The van der Waals surface area contributed by atoms with Gasteiger partial charge < -0.3 is 4.74 Å². The highest BCUT2D eigenvalue weighted by Gasteiger charge is 2.16. The SMILES string of the molecule is CS(=O)(=O)Nc1ccccc1C(=O)OCc1c(F)cccc1Cl. The van der Waals surface area contributed by atoms with Crippen LogP contribution in [-0.2, 0) is 21.4 Å². The van der Waals surface area contributed by atoms with Gasteiger partial charge in [0.05, 0.1) is 22.5 Å².